The summed E-state index contributed by atoms with van der Waals surface area (Å²) in [7, 11) is -3.39. The van der Waals surface area contributed by atoms with E-state index in [1.165, 1.54) is 0 Å². The Morgan fingerprint density at radius 3 is 2.73 bits per heavy atom. The molecule has 2 aliphatic rings. The Hall–Kier alpha value is -1.43. The van der Waals surface area contributed by atoms with E-state index < -0.39 is 10.0 Å². The van der Waals surface area contributed by atoms with Gasteiger partial charge >= 0.3 is 0 Å². The number of piperidine rings is 1. The van der Waals surface area contributed by atoms with E-state index >= 15 is 0 Å². The minimum atomic E-state index is -3.39. The van der Waals surface area contributed by atoms with Gasteiger partial charge in [0.15, 0.2) is 0 Å². The lowest BCUT2D eigenvalue weighted by Crippen LogP contribution is -2.46. The van der Waals surface area contributed by atoms with Crippen molar-refractivity contribution < 1.29 is 8.42 Å². The first kappa shape index (κ1) is 14.2. The van der Waals surface area contributed by atoms with Crippen molar-refractivity contribution >= 4 is 20.8 Å². The van der Waals surface area contributed by atoms with Crippen LogP contribution in [0.3, 0.4) is 0 Å². The van der Waals surface area contributed by atoms with Crippen LogP contribution in [0.5, 0.6) is 0 Å². The largest absolute Gasteiger partial charge is 0.314 e. The Labute approximate surface area is 131 Å². The summed E-state index contributed by atoms with van der Waals surface area (Å²) in [6.07, 6.45) is 1.99. The molecule has 2 unspecified atom stereocenters. The number of benzene rings is 2. The molecule has 0 amide bonds. The van der Waals surface area contributed by atoms with E-state index in [1.54, 1.807) is 16.4 Å². The Morgan fingerprint density at radius 2 is 1.86 bits per heavy atom. The van der Waals surface area contributed by atoms with Gasteiger partial charge < -0.3 is 5.32 Å². The van der Waals surface area contributed by atoms with Crippen molar-refractivity contribution in [2.45, 2.75) is 23.8 Å². The number of sulfonamides is 1. The van der Waals surface area contributed by atoms with Gasteiger partial charge in [0.25, 0.3) is 0 Å². The normalized spacial score (nSPS) is 26.2. The standard InChI is InChI=1S/C17H20N2O2S/c20-22(21,19-10-8-17-15(12-19)7-9-18-17)16-6-5-13-3-1-2-4-14(13)11-16/h1-6,11,15,17-18H,7-10,12H2. The molecule has 2 heterocycles. The second kappa shape index (κ2) is 5.33. The number of fused-ring (bicyclic) bond motifs is 2. The van der Waals surface area contributed by atoms with Gasteiger partial charge in [0, 0.05) is 19.1 Å². The average Bonchev–Trinajstić information content (AvgIpc) is 3.02. The van der Waals surface area contributed by atoms with Crippen LogP contribution >= 0.6 is 0 Å². The van der Waals surface area contributed by atoms with Gasteiger partial charge in [-0.15, -0.1) is 0 Å². The molecular formula is C17H20N2O2S. The van der Waals surface area contributed by atoms with Gasteiger partial charge in [-0.25, -0.2) is 8.42 Å². The second-order valence-electron chi connectivity index (χ2n) is 6.27. The molecule has 22 heavy (non-hydrogen) atoms. The molecule has 0 saturated carbocycles. The van der Waals surface area contributed by atoms with Gasteiger partial charge in [0.1, 0.15) is 0 Å². The molecule has 0 bridgehead atoms. The molecule has 4 nitrogen and oxygen atoms in total. The molecular weight excluding hydrogens is 296 g/mol. The number of rotatable bonds is 2. The van der Waals surface area contributed by atoms with Gasteiger partial charge in [-0.05, 0) is 48.2 Å². The molecule has 2 atom stereocenters. The van der Waals surface area contributed by atoms with Gasteiger partial charge in [-0.2, -0.15) is 4.31 Å². The Kier molecular flexibility index (Phi) is 3.44. The van der Waals surface area contributed by atoms with Crippen LogP contribution in [-0.4, -0.2) is 38.4 Å². The molecule has 1 N–H and O–H groups in total. The van der Waals surface area contributed by atoms with Crippen molar-refractivity contribution in [2.75, 3.05) is 19.6 Å². The summed E-state index contributed by atoms with van der Waals surface area (Å²) in [5, 5.41) is 5.52. The SMILES string of the molecule is O=S(=O)(c1ccc2ccccc2c1)N1CCC2NCCC2C1. The highest BCUT2D eigenvalue weighted by molar-refractivity contribution is 7.89. The molecule has 0 radical (unpaired) electrons. The zero-order chi connectivity index (χ0) is 15.2. The molecule has 4 rings (SSSR count). The molecule has 2 aromatic rings. The van der Waals surface area contributed by atoms with E-state index in [0.29, 0.717) is 29.9 Å². The van der Waals surface area contributed by atoms with Crippen LogP contribution in [0.2, 0.25) is 0 Å². The van der Waals surface area contributed by atoms with Crippen molar-refractivity contribution in [1.82, 2.24) is 9.62 Å². The van der Waals surface area contributed by atoms with Gasteiger partial charge in [0.05, 0.1) is 4.90 Å². The smallest absolute Gasteiger partial charge is 0.243 e. The minimum Gasteiger partial charge on any atom is -0.314 e. The van der Waals surface area contributed by atoms with Crippen LogP contribution in [0, 0.1) is 5.92 Å². The van der Waals surface area contributed by atoms with Crippen molar-refractivity contribution in [3.63, 3.8) is 0 Å². The monoisotopic (exact) mass is 316 g/mol. The lowest BCUT2D eigenvalue weighted by molar-refractivity contribution is 0.247. The lowest BCUT2D eigenvalue weighted by Gasteiger charge is -2.34. The summed E-state index contributed by atoms with van der Waals surface area (Å²) >= 11 is 0. The summed E-state index contributed by atoms with van der Waals surface area (Å²) < 4.78 is 27.5. The Balaban J connectivity index is 1.66. The fraction of sp³-hybridized carbons (Fsp3) is 0.412. The number of nitrogens with one attached hydrogen (secondary N) is 1. The third-order valence-corrected chi connectivity index (χ3v) is 6.84. The van der Waals surface area contributed by atoms with Crippen LogP contribution < -0.4 is 5.32 Å². The summed E-state index contributed by atoms with van der Waals surface area (Å²) in [5.41, 5.74) is 0. The topological polar surface area (TPSA) is 49.4 Å². The van der Waals surface area contributed by atoms with Gasteiger partial charge in [-0.3, -0.25) is 0 Å². The maximum atomic E-state index is 12.9. The lowest BCUT2D eigenvalue weighted by atomic mass is 9.95. The first-order chi connectivity index (χ1) is 10.6. The zero-order valence-electron chi connectivity index (χ0n) is 12.4. The number of hydrogen-bond acceptors (Lipinski definition) is 3. The Bertz CT molecular complexity index is 803. The van der Waals surface area contributed by atoms with Crippen LogP contribution in [0.4, 0.5) is 0 Å². The van der Waals surface area contributed by atoms with E-state index in [2.05, 4.69) is 5.32 Å². The maximum Gasteiger partial charge on any atom is 0.243 e. The molecule has 0 spiro atoms. The van der Waals surface area contributed by atoms with E-state index in [4.69, 9.17) is 0 Å². The predicted octanol–water partition coefficient (Wildman–Crippen LogP) is 2.21. The molecule has 2 aromatic carbocycles. The predicted molar refractivity (Wildman–Crippen MR) is 87.2 cm³/mol. The van der Waals surface area contributed by atoms with Gasteiger partial charge in [-0.1, -0.05) is 30.3 Å². The summed E-state index contributed by atoms with van der Waals surface area (Å²) in [6, 6.07) is 13.8. The van der Waals surface area contributed by atoms with Crippen molar-refractivity contribution in [2.24, 2.45) is 5.92 Å². The Morgan fingerprint density at radius 1 is 1.05 bits per heavy atom. The molecule has 2 saturated heterocycles. The summed E-state index contributed by atoms with van der Waals surface area (Å²) in [6.45, 7) is 2.27. The van der Waals surface area contributed by atoms with E-state index in [1.807, 2.05) is 30.3 Å². The molecule has 2 aliphatic heterocycles. The van der Waals surface area contributed by atoms with Crippen molar-refractivity contribution in [3.8, 4) is 0 Å². The zero-order valence-corrected chi connectivity index (χ0v) is 13.2. The fourth-order valence-electron chi connectivity index (χ4n) is 3.71. The second-order valence-corrected chi connectivity index (χ2v) is 8.21. The minimum absolute atomic E-state index is 0.413. The number of hydrogen-bond donors (Lipinski definition) is 1. The van der Waals surface area contributed by atoms with E-state index in [9.17, 15) is 8.42 Å². The third-order valence-electron chi connectivity index (χ3n) is 4.98. The highest BCUT2D eigenvalue weighted by atomic mass is 32.2. The average molecular weight is 316 g/mol. The first-order valence-electron chi connectivity index (χ1n) is 7.87. The molecule has 5 heteroatoms. The summed E-state index contributed by atoms with van der Waals surface area (Å²) in [5.74, 6) is 0.462. The van der Waals surface area contributed by atoms with Gasteiger partial charge in [0.2, 0.25) is 10.0 Å². The molecule has 116 valence electrons. The molecule has 0 aromatic heterocycles. The van der Waals surface area contributed by atoms with Crippen molar-refractivity contribution in [3.05, 3.63) is 42.5 Å². The summed E-state index contributed by atoms with van der Waals surface area (Å²) in [4.78, 5) is 0.413. The fourth-order valence-corrected chi connectivity index (χ4v) is 5.26. The maximum absolute atomic E-state index is 12.9. The molecule has 0 aliphatic carbocycles. The van der Waals surface area contributed by atoms with Crippen LogP contribution in [0.15, 0.2) is 47.4 Å². The van der Waals surface area contributed by atoms with Crippen LogP contribution in [0.1, 0.15) is 12.8 Å². The quantitative estimate of drug-likeness (QED) is 0.924. The highest BCUT2D eigenvalue weighted by Gasteiger charge is 2.37. The van der Waals surface area contributed by atoms with E-state index in [0.717, 1.165) is 30.2 Å². The third kappa shape index (κ3) is 2.33. The van der Waals surface area contributed by atoms with Crippen molar-refractivity contribution in [1.29, 1.82) is 0 Å². The van der Waals surface area contributed by atoms with Crippen LogP contribution in [0.25, 0.3) is 10.8 Å². The molecule has 2 fully saturated rings. The first-order valence-corrected chi connectivity index (χ1v) is 9.31. The highest BCUT2D eigenvalue weighted by Crippen LogP contribution is 2.29. The number of nitrogens with zero attached hydrogens (tertiary/aromatic N) is 1. The van der Waals surface area contributed by atoms with Crippen LogP contribution in [-0.2, 0) is 10.0 Å². The van der Waals surface area contributed by atoms with E-state index in [-0.39, 0.29) is 0 Å².